The molecule has 1 aromatic rings. The third-order valence-corrected chi connectivity index (χ3v) is 3.46. The van der Waals surface area contributed by atoms with Crippen molar-refractivity contribution in [1.29, 1.82) is 0 Å². The van der Waals surface area contributed by atoms with Gasteiger partial charge in [0.2, 0.25) is 0 Å². The summed E-state index contributed by atoms with van der Waals surface area (Å²) in [5.74, 6) is -0.336. The number of amides is 2. The van der Waals surface area contributed by atoms with Crippen molar-refractivity contribution in [2.75, 3.05) is 11.9 Å². The molecule has 1 fully saturated rings. The van der Waals surface area contributed by atoms with Gasteiger partial charge in [0.1, 0.15) is 5.82 Å². The van der Waals surface area contributed by atoms with Gasteiger partial charge in [0.15, 0.2) is 0 Å². The van der Waals surface area contributed by atoms with E-state index in [1.54, 1.807) is 4.90 Å². The van der Waals surface area contributed by atoms with Gasteiger partial charge in [-0.15, -0.1) is 0 Å². The van der Waals surface area contributed by atoms with Crippen LogP contribution in [0.4, 0.5) is 14.9 Å². The Morgan fingerprint density at radius 1 is 1.37 bits per heavy atom. The highest BCUT2D eigenvalue weighted by Crippen LogP contribution is 2.19. The first-order valence-electron chi connectivity index (χ1n) is 6.20. The Hall–Kier alpha value is -1.69. The van der Waals surface area contributed by atoms with E-state index in [0.717, 1.165) is 19.3 Å². The van der Waals surface area contributed by atoms with Gasteiger partial charge in [0.05, 0.1) is 11.0 Å². The highest BCUT2D eigenvalue weighted by molar-refractivity contribution is 7.80. The molecule has 0 saturated carbocycles. The van der Waals surface area contributed by atoms with Crippen LogP contribution in [-0.4, -0.2) is 28.5 Å². The van der Waals surface area contributed by atoms with Crippen LogP contribution in [0, 0.1) is 5.82 Å². The van der Waals surface area contributed by atoms with E-state index in [1.807, 2.05) is 0 Å². The number of nitrogens with two attached hydrogens (primary N) is 1. The molecule has 3 N–H and O–H groups in total. The molecule has 2 amide bonds. The number of likely N-dealkylation sites (tertiary alicyclic amines) is 1. The predicted octanol–water partition coefficient (Wildman–Crippen LogP) is 2.50. The zero-order valence-electron chi connectivity index (χ0n) is 10.4. The van der Waals surface area contributed by atoms with Gasteiger partial charge >= 0.3 is 6.03 Å². The largest absolute Gasteiger partial charge is 0.392 e. The minimum atomic E-state index is -0.336. The van der Waals surface area contributed by atoms with Gasteiger partial charge in [0, 0.05) is 12.2 Å². The Bertz CT molecular complexity index is 477. The summed E-state index contributed by atoms with van der Waals surface area (Å²) in [4.78, 5) is 14.2. The van der Waals surface area contributed by atoms with Crippen molar-refractivity contribution in [1.82, 2.24) is 4.90 Å². The van der Waals surface area contributed by atoms with Crippen LogP contribution in [0.25, 0.3) is 0 Å². The second-order valence-corrected chi connectivity index (χ2v) is 5.02. The van der Waals surface area contributed by atoms with Crippen molar-refractivity contribution >= 4 is 28.9 Å². The van der Waals surface area contributed by atoms with E-state index >= 15 is 0 Å². The van der Waals surface area contributed by atoms with E-state index in [9.17, 15) is 9.18 Å². The number of hydrogen-bond donors (Lipinski definition) is 2. The highest BCUT2D eigenvalue weighted by Gasteiger charge is 2.28. The van der Waals surface area contributed by atoms with Gasteiger partial charge in [-0.25, -0.2) is 9.18 Å². The Labute approximate surface area is 116 Å². The summed E-state index contributed by atoms with van der Waals surface area (Å²) in [6, 6.07) is 5.21. The number of carbonyl (C=O) groups excluding carboxylic acids is 1. The summed E-state index contributed by atoms with van der Waals surface area (Å²) in [6.45, 7) is 0.634. The number of benzene rings is 1. The Balaban J connectivity index is 2.05. The maximum Gasteiger partial charge on any atom is 0.322 e. The van der Waals surface area contributed by atoms with Gasteiger partial charge in [-0.1, -0.05) is 12.2 Å². The summed E-state index contributed by atoms with van der Waals surface area (Å²) < 4.78 is 12.8. The van der Waals surface area contributed by atoms with Gasteiger partial charge in [0.25, 0.3) is 0 Å². The molecule has 1 heterocycles. The number of nitrogens with one attached hydrogen (secondary N) is 1. The van der Waals surface area contributed by atoms with E-state index in [2.05, 4.69) is 5.32 Å². The zero-order chi connectivity index (χ0) is 13.8. The molecule has 1 saturated heterocycles. The fourth-order valence-electron chi connectivity index (χ4n) is 2.20. The second-order valence-electron chi connectivity index (χ2n) is 4.54. The number of thiocarbonyl (C=S) groups is 1. The lowest BCUT2D eigenvalue weighted by Gasteiger charge is -2.34. The molecular formula is C13H16FN3OS. The summed E-state index contributed by atoms with van der Waals surface area (Å²) in [5, 5.41) is 2.73. The summed E-state index contributed by atoms with van der Waals surface area (Å²) in [5.41, 5.74) is 6.22. The van der Waals surface area contributed by atoms with E-state index < -0.39 is 0 Å². The molecular weight excluding hydrogens is 265 g/mol. The average molecular weight is 281 g/mol. The lowest BCUT2D eigenvalue weighted by atomic mass is 10.0. The summed E-state index contributed by atoms with van der Waals surface area (Å²) in [7, 11) is 0. The predicted molar refractivity (Wildman–Crippen MR) is 76.5 cm³/mol. The number of urea groups is 1. The first-order valence-corrected chi connectivity index (χ1v) is 6.61. The normalized spacial score (nSPS) is 19.0. The van der Waals surface area contributed by atoms with Crippen LogP contribution in [0.2, 0.25) is 0 Å². The van der Waals surface area contributed by atoms with Crippen molar-refractivity contribution < 1.29 is 9.18 Å². The van der Waals surface area contributed by atoms with Crippen molar-refractivity contribution in [2.45, 2.75) is 25.3 Å². The quantitative estimate of drug-likeness (QED) is 0.819. The van der Waals surface area contributed by atoms with Crippen LogP contribution in [0.5, 0.6) is 0 Å². The van der Waals surface area contributed by atoms with Gasteiger partial charge in [-0.2, -0.15) is 0 Å². The Morgan fingerprint density at radius 2 is 2.05 bits per heavy atom. The van der Waals surface area contributed by atoms with Crippen LogP contribution in [-0.2, 0) is 0 Å². The molecule has 0 aliphatic carbocycles. The molecule has 0 radical (unpaired) electrons. The van der Waals surface area contributed by atoms with Crippen LogP contribution >= 0.6 is 12.2 Å². The molecule has 4 nitrogen and oxygen atoms in total. The molecule has 0 aromatic heterocycles. The summed E-state index contributed by atoms with van der Waals surface area (Å²) >= 11 is 5.00. The number of carbonyl (C=O) groups is 1. The third kappa shape index (κ3) is 3.41. The number of hydrogen-bond acceptors (Lipinski definition) is 2. The first-order chi connectivity index (χ1) is 9.08. The summed E-state index contributed by atoms with van der Waals surface area (Å²) in [6.07, 6.45) is 2.75. The van der Waals surface area contributed by atoms with Crippen LogP contribution < -0.4 is 11.1 Å². The van der Waals surface area contributed by atoms with Crippen molar-refractivity contribution in [3.8, 4) is 0 Å². The molecule has 1 atom stereocenters. The molecule has 6 heteroatoms. The maximum absolute atomic E-state index is 12.8. The number of piperidine rings is 1. The molecule has 102 valence electrons. The van der Waals surface area contributed by atoms with Crippen molar-refractivity contribution in [3.05, 3.63) is 30.1 Å². The van der Waals surface area contributed by atoms with Gasteiger partial charge < -0.3 is 16.0 Å². The fraction of sp³-hybridized carbons (Fsp3) is 0.385. The molecule has 19 heavy (non-hydrogen) atoms. The Kier molecular flexibility index (Phi) is 4.31. The monoisotopic (exact) mass is 281 g/mol. The van der Waals surface area contributed by atoms with Crippen molar-refractivity contribution in [2.24, 2.45) is 5.73 Å². The molecule has 2 rings (SSSR count). The van der Waals surface area contributed by atoms with Crippen molar-refractivity contribution in [3.63, 3.8) is 0 Å². The van der Waals surface area contributed by atoms with E-state index in [-0.39, 0.29) is 17.9 Å². The highest BCUT2D eigenvalue weighted by atomic mass is 32.1. The van der Waals surface area contributed by atoms with E-state index in [4.69, 9.17) is 18.0 Å². The van der Waals surface area contributed by atoms with Crippen LogP contribution in [0.15, 0.2) is 24.3 Å². The molecule has 1 aliphatic heterocycles. The maximum atomic E-state index is 12.8. The molecule has 0 spiro atoms. The van der Waals surface area contributed by atoms with Crippen LogP contribution in [0.1, 0.15) is 19.3 Å². The number of anilines is 1. The van der Waals surface area contributed by atoms with Gasteiger partial charge in [-0.05, 0) is 43.5 Å². The SMILES string of the molecule is NC(=S)C1CCCCN1C(=O)Nc1ccc(F)cc1. The number of nitrogens with zero attached hydrogens (tertiary/aromatic N) is 1. The zero-order valence-corrected chi connectivity index (χ0v) is 11.3. The topological polar surface area (TPSA) is 58.4 Å². The average Bonchev–Trinajstić information content (AvgIpc) is 2.41. The number of rotatable bonds is 2. The molecule has 1 unspecified atom stereocenters. The fourth-order valence-corrected chi connectivity index (χ4v) is 2.44. The van der Waals surface area contributed by atoms with E-state index in [0.29, 0.717) is 17.2 Å². The van der Waals surface area contributed by atoms with E-state index in [1.165, 1.54) is 24.3 Å². The van der Waals surface area contributed by atoms with Crippen LogP contribution in [0.3, 0.4) is 0 Å². The molecule has 0 bridgehead atoms. The Morgan fingerprint density at radius 3 is 2.68 bits per heavy atom. The first kappa shape index (κ1) is 13.7. The smallest absolute Gasteiger partial charge is 0.322 e. The lowest BCUT2D eigenvalue weighted by Crippen LogP contribution is -2.51. The van der Waals surface area contributed by atoms with Gasteiger partial charge in [-0.3, -0.25) is 0 Å². The molecule has 1 aromatic carbocycles. The standard InChI is InChI=1S/C13H16FN3OS/c14-9-4-6-10(7-5-9)16-13(18)17-8-2-1-3-11(17)12(15)19/h4-7,11H,1-3,8H2,(H2,15,19)(H,16,18). The molecule has 1 aliphatic rings. The lowest BCUT2D eigenvalue weighted by molar-refractivity contribution is 0.186. The third-order valence-electron chi connectivity index (χ3n) is 3.19. The number of halogens is 1. The minimum Gasteiger partial charge on any atom is -0.392 e. The minimum absolute atomic E-state index is 0.191. The second kappa shape index (κ2) is 5.97.